The molecule has 0 N–H and O–H groups in total. The lowest BCUT2D eigenvalue weighted by molar-refractivity contribution is 0.0501. The Morgan fingerprint density at radius 3 is 2.71 bits per heavy atom. The lowest BCUT2D eigenvalue weighted by atomic mass is 10.1. The van der Waals surface area contributed by atoms with Gasteiger partial charge in [0.15, 0.2) is 5.69 Å². The Morgan fingerprint density at radius 2 is 2.18 bits per heavy atom. The fourth-order valence-electron chi connectivity index (χ4n) is 3.58. The quantitative estimate of drug-likeness (QED) is 0.756. The number of carbonyl (C=O) groups excluding carboxylic acids is 1. The van der Waals surface area contributed by atoms with E-state index >= 15 is 0 Å². The first-order valence-corrected chi connectivity index (χ1v) is 10.2. The smallest absolute Gasteiger partial charge is 0.274 e. The van der Waals surface area contributed by atoms with Crippen LogP contribution in [0.5, 0.6) is 0 Å². The van der Waals surface area contributed by atoms with E-state index in [0.29, 0.717) is 24.7 Å². The van der Waals surface area contributed by atoms with Crippen molar-refractivity contribution in [2.75, 3.05) is 13.2 Å². The Labute approximate surface area is 167 Å². The fourth-order valence-corrected chi connectivity index (χ4v) is 3.58. The molecule has 0 radical (unpaired) electrons. The van der Waals surface area contributed by atoms with Crippen LogP contribution in [0.15, 0.2) is 30.6 Å². The average molecular weight is 385 g/mol. The zero-order chi connectivity index (χ0) is 20.3. The molecule has 0 saturated carbocycles. The number of nitrogens with zero attached hydrogens (tertiary/aromatic N) is 4. The molecule has 0 aromatic carbocycles. The molecule has 2 aromatic rings. The number of aromatic nitrogens is 3. The molecule has 1 aliphatic rings. The number of amides is 1. The molecule has 1 amide bonds. The molecule has 1 fully saturated rings. The molecule has 0 bridgehead atoms. The molecule has 0 spiro atoms. The van der Waals surface area contributed by atoms with Gasteiger partial charge in [-0.1, -0.05) is 19.9 Å². The lowest BCUT2D eigenvalue weighted by Crippen LogP contribution is -2.37. The van der Waals surface area contributed by atoms with Gasteiger partial charge < -0.3 is 9.64 Å². The highest BCUT2D eigenvalue weighted by Gasteiger charge is 2.28. The average Bonchev–Trinajstić information content (AvgIpc) is 3.31. The van der Waals surface area contributed by atoms with Crippen molar-refractivity contribution < 1.29 is 9.53 Å². The number of rotatable bonds is 6. The van der Waals surface area contributed by atoms with E-state index < -0.39 is 0 Å². The highest BCUT2D eigenvalue weighted by molar-refractivity contribution is 5.92. The van der Waals surface area contributed by atoms with Gasteiger partial charge in [0.25, 0.3) is 5.91 Å². The SMILES string of the molecule is CC(C)c1cc(C(=O)N(Cc2cccnc2)CC2CCCO2)nn1C(C)(C)C. The van der Waals surface area contributed by atoms with Gasteiger partial charge >= 0.3 is 0 Å². The third-order valence-electron chi connectivity index (χ3n) is 5.01. The fraction of sp³-hybridized carbons (Fsp3) is 0.591. The summed E-state index contributed by atoms with van der Waals surface area (Å²) >= 11 is 0. The monoisotopic (exact) mass is 384 g/mol. The van der Waals surface area contributed by atoms with E-state index in [1.807, 2.05) is 34.0 Å². The van der Waals surface area contributed by atoms with Gasteiger partial charge in [-0.15, -0.1) is 0 Å². The van der Waals surface area contributed by atoms with Crippen LogP contribution >= 0.6 is 0 Å². The highest BCUT2D eigenvalue weighted by atomic mass is 16.5. The molecule has 3 heterocycles. The number of carbonyl (C=O) groups is 1. The Kier molecular flexibility index (Phi) is 6.18. The van der Waals surface area contributed by atoms with E-state index in [1.165, 1.54) is 0 Å². The summed E-state index contributed by atoms with van der Waals surface area (Å²) < 4.78 is 7.78. The second-order valence-corrected chi connectivity index (χ2v) is 8.87. The molecule has 0 aliphatic carbocycles. The van der Waals surface area contributed by atoms with Crippen molar-refractivity contribution in [3.63, 3.8) is 0 Å². The molecule has 2 aromatic heterocycles. The number of hydrogen-bond donors (Lipinski definition) is 0. The van der Waals surface area contributed by atoms with Crippen LogP contribution in [0.1, 0.15) is 75.1 Å². The van der Waals surface area contributed by atoms with Crippen LogP contribution in [0.4, 0.5) is 0 Å². The molecule has 6 nitrogen and oxygen atoms in total. The van der Waals surface area contributed by atoms with Gasteiger partial charge in [0.05, 0.1) is 11.6 Å². The van der Waals surface area contributed by atoms with E-state index in [9.17, 15) is 4.79 Å². The number of hydrogen-bond acceptors (Lipinski definition) is 4. The van der Waals surface area contributed by atoms with Gasteiger partial charge in [0, 0.05) is 37.8 Å². The van der Waals surface area contributed by atoms with Gasteiger partial charge in [-0.2, -0.15) is 5.10 Å². The van der Waals surface area contributed by atoms with Gasteiger partial charge in [0.1, 0.15) is 0 Å². The van der Waals surface area contributed by atoms with Gasteiger partial charge in [0.2, 0.25) is 0 Å². The van der Waals surface area contributed by atoms with Crippen LogP contribution in [0.2, 0.25) is 0 Å². The first-order valence-electron chi connectivity index (χ1n) is 10.2. The van der Waals surface area contributed by atoms with Crippen LogP contribution in [0.3, 0.4) is 0 Å². The van der Waals surface area contributed by atoms with Crippen LogP contribution in [-0.4, -0.2) is 44.8 Å². The van der Waals surface area contributed by atoms with Crippen LogP contribution < -0.4 is 0 Å². The summed E-state index contributed by atoms with van der Waals surface area (Å²) in [6.45, 7) is 12.5. The van der Waals surface area contributed by atoms with E-state index in [1.54, 1.807) is 6.20 Å². The van der Waals surface area contributed by atoms with E-state index in [0.717, 1.165) is 30.7 Å². The normalized spacial score (nSPS) is 17.3. The van der Waals surface area contributed by atoms with Crippen LogP contribution in [0.25, 0.3) is 0 Å². The van der Waals surface area contributed by atoms with Crippen molar-refractivity contribution in [2.24, 2.45) is 0 Å². The number of ether oxygens (including phenoxy) is 1. The molecule has 1 saturated heterocycles. The molecule has 1 unspecified atom stereocenters. The van der Waals surface area contributed by atoms with Crippen molar-refractivity contribution in [1.82, 2.24) is 19.7 Å². The third kappa shape index (κ3) is 4.79. The first-order chi connectivity index (χ1) is 13.3. The van der Waals surface area contributed by atoms with Gasteiger partial charge in [-0.05, 0) is 57.2 Å². The predicted molar refractivity (Wildman–Crippen MR) is 109 cm³/mol. The van der Waals surface area contributed by atoms with Gasteiger partial charge in [-0.3, -0.25) is 14.5 Å². The van der Waals surface area contributed by atoms with Crippen LogP contribution in [-0.2, 0) is 16.8 Å². The minimum absolute atomic E-state index is 0.0516. The molecule has 152 valence electrons. The molecule has 6 heteroatoms. The van der Waals surface area contributed by atoms with Crippen molar-refractivity contribution in [1.29, 1.82) is 0 Å². The molecule has 1 atom stereocenters. The second-order valence-electron chi connectivity index (χ2n) is 8.87. The summed E-state index contributed by atoms with van der Waals surface area (Å²) in [5.74, 6) is 0.238. The maximum Gasteiger partial charge on any atom is 0.274 e. The Hall–Kier alpha value is -2.21. The molecular weight excluding hydrogens is 352 g/mol. The Morgan fingerprint density at radius 1 is 1.39 bits per heavy atom. The number of pyridine rings is 1. The summed E-state index contributed by atoms with van der Waals surface area (Å²) in [5.41, 5.74) is 2.41. The topological polar surface area (TPSA) is 60.3 Å². The highest BCUT2D eigenvalue weighted by Crippen LogP contribution is 2.25. The third-order valence-corrected chi connectivity index (χ3v) is 5.01. The van der Waals surface area contributed by atoms with Crippen molar-refractivity contribution in [3.8, 4) is 0 Å². The molecule has 1 aliphatic heterocycles. The van der Waals surface area contributed by atoms with Crippen molar-refractivity contribution >= 4 is 5.91 Å². The molecule has 3 rings (SSSR count). The predicted octanol–water partition coefficient (Wildman–Crippen LogP) is 3.98. The van der Waals surface area contributed by atoms with Crippen LogP contribution in [0, 0.1) is 0 Å². The minimum Gasteiger partial charge on any atom is -0.376 e. The standard InChI is InChI=1S/C22H32N4O2/c1-16(2)20-12-19(24-26(20)22(3,4)5)21(27)25(15-18-9-7-11-28-18)14-17-8-6-10-23-13-17/h6,8,10,12-13,16,18H,7,9,11,14-15H2,1-5H3. The maximum absolute atomic E-state index is 13.4. The van der Waals surface area contributed by atoms with Crippen molar-refractivity contribution in [3.05, 3.63) is 47.5 Å². The summed E-state index contributed by atoms with van der Waals surface area (Å²) in [5, 5.41) is 4.71. The molecular formula is C22H32N4O2. The van der Waals surface area contributed by atoms with E-state index in [2.05, 4.69) is 39.6 Å². The van der Waals surface area contributed by atoms with E-state index in [4.69, 9.17) is 9.84 Å². The maximum atomic E-state index is 13.4. The lowest BCUT2D eigenvalue weighted by Gasteiger charge is -2.25. The first kappa shape index (κ1) is 20.5. The molecule has 28 heavy (non-hydrogen) atoms. The Bertz CT molecular complexity index is 787. The second kappa shape index (κ2) is 8.43. The summed E-state index contributed by atoms with van der Waals surface area (Å²) in [4.78, 5) is 19.5. The zero-order valence-corrected chi connectivity index (χ0v) is 17.7. The van der Waals surface area contributed by atoms with E-state index in [-0.39, 0.29) is 17.6 Å². The summed E-state index contributed by atoms with van der Waals surface area (Å²) in [6, 6.07) is 5.84. The van der Waals surface area contributed by atoms with Crippen molar-refractivity contribution in [2.45, 2.75) is 71.6 Å². The van der Waals surface area contributed by atoms with Gasteiger partial charge in [-0.25, -0.2) is 0 Å². The summed E-state index contributed by atoms with van der Waals surface area (Å²) in [7, 11) is 0. The largest absolute Gasteiger partial charge is 0.376 e. The zero-order valence-electron chi connectivity index (χ0n) is 17.7. The Balaban J connectivity index is 1.89. The minimum atomic E-state index is -0.180. The summed E-state index contributed by atoms with van der Waals surface area (Å²) in [6.07, 6.45) is 5.69.